The molecule has 1 aromatic heterocycles. The Hall–Kier alpha value is -3.35. The highest BCUT2D eigenvalue weighted by Gasteiger charge is 2.45. The Labute approximate surface area is 185 Å². The molecule has 1 fully saturated rings. The molecule has 3 aromatic rings. The molecule has 0 radical (unpaired) electrons. The number of ether oxygens (including phenoxy) is 2. The monoisotopic (exact) mass is 462 g/mol. The van der Waals surface area contributed by atoms with Crippen LogP contribution in [0.5, 0.6) is 23.0 Å². The van der Waals surface area contributed by atoms with E-state index in [0.29, 0.717) is 0 Å². The zero-order valence-corrected chi connectivity index (χ0v) is 17.0. The van der Waals surface area contributed by atoms with Crippen molar-refractivity contribution in [2.45, 2.75) is 37.1 Å². The second-order valence-corrected chi connectivity index (χ2v) is 7.62. The van der Waals surface area contributed by atoms with Crippen LogP contribution in [-0.2, 0) is 4.74 Å². The highest BCUT2D eigenvalue weighted by molar-refractivity contribution is 5.88. The number of aliphatic hydroxyl groups is 4. The summed E-state index contributed by atoms with van der Waals surface area (Å²) in [7, 11) is 0. The quantitative estimate of drug-likeness (QED) is 0.273. The summed E-state index contributed by atoms with van der Waals surface area (Å²) in [5.74, 6) is -1.67. The molecule has 1 saturated heterocycles. The van der Waals surface area contributed by atoms with Gasteiger partial charge >= 0.3 is 0 Å². The second kappa shape index (κ2) is 8.89. The van der Waals surface area contributed by atoms with Gasteiger partial charge in [0.15, 0.2) is 5.76 Å². The van der Waals surface area contributed by atoms with Gasteiger partial charge in [0, 0.05) is 24.3 Å². The van der Waals surface area contributed by atoms with Gasteiger partial charge in [0.05, 0.1) is 6.10 Å². The van der Waals surface area contributed by atoms with E-state index in [4.69, 9.17) is 13.9 Å². The minimum atomic E-state index is -1.77. The van der Waals surface area contributed by atoms with Gasteiger partial charge in [-0.2, -0.15) is 0 Å². The van der Waals surface area contributed by atoms with Gasteiger partial charge in [0.1, 0.15) is 46.5 Å². The second-order valence-electron chi connectivity index (χ2n) is 7.62. The van der Waals surface area contributed by atoms with E-state index >= 15 is 0 Å². The van der Waals surface area contributed by atoms with Crippen molar-refractivity contribution in [1.29, 1.82) is 0 Å². The number of fused-ring (bicyclic) bond motifs is 1. The Bertz CT molecular complexity index is 1200. The van der Waals surface area contributed by atoms with E-state index in [9.17, 15) is 40.5 Å². The molecule has 0 saturated carbocycles. The number of aliphatic hydroxyl groups excluding tert-OH is 4. The summed E-state index contributed by atoms with van der Waals surface area (Å²) in [4.78, 5) is 13.3. The minimum absolute atomic E-state index is 0.0605. The van der Waals surface area contributed by atoms with Crippen LogP contribution in [0.1, 0.15) is 6.42 Å². The largest absolute Gasteiger partial charge is 0.508 e. The average Bonchev–Trinajstić information content (AvgIpc) is 2.77. The number of phenolic OH excluding ortho intramolecular Hbond substituents is 3. The van der Waals surface area contributed by atoms with Crippen LogP contribution in [0.15, 0.2) is 45.6 Å². The molecule has 1 unspecified atom stereocenters. The van der Waals surface area contributed by atoms with Gasteiger partial charge in [-0.1, -0.05) is 0 Å². The van der Waals surface area contributed by atoms with E-state index in [0.717, 1.165) is 12.1 Å². The van der Waals surface area contributed by atoms with Gasteiger partial charge in [-0.3, -0.25) is 4.79 Å². The SMILES string of the molecule is O=c1c(O[C@@H]2O[C@H](CCO)C(O)[C@H](O)[C@H]2O)c(-c2ccc(O)cc2)oc2cc(O)cc(O)c12. The van der Waals surface area contributed by atoms with Crippen molar-refractivity contribution in [3.63, 3.8) is 0 Å². The fraction of sp³-hybridized carbons (Fsp3) is 0.318. The Morgan fingerprint density at radius 2 is 1.61 bits per heavy atom. The molecule has 33 heavy (non-hydrogen) atoms. The lowest BCUT2D eigenvalue weighted by Gasteiger charge is -2.40. The number of hydrogen-bond acceptors (Lipinski definition) is 11. The van der Waals surface area contributed by atoms with Crippen molar-refractivity contribution >= 4 is 11.0 Å². The predicted octanol–water partition coefficient (Wildman–Crippen LogP) is 0.146. The first-order valence-electron chi connectivity index (χ1n) is 10.0. The molecule has 1 aliphatic heterocycles. The maximum atomic E-state index is 13.3. The molecule has 0 bridgehead atoms. The Morgan fingerprint density at radius 1 is 0.909 bits per heavy atom. The summed E-state index contributed by atoms with van der Waals surface area (Å²) in [6.07, 6.45) is -7.81. The van der Waals surface area contributed by atoms with E-state index in [2.05, 4.69) is 0 Å². The molecule has 0 spiro atoms. The van der Waals surface area contributed by atoms with Gasteiger partial charge in [0.2, 0.25) is 17.5 Å². The molecule has 4 rings (SSSR count). The summed E-state index contributed by atoms with van der Waals surface area (Å²) >= 11 is 0. The summed E-state index contributed by atoms with van der Waals surface area (Å²) in [5, 5.41) is 69.1. The third kappa shape index (κ3) is 4.19. The van der Waals surface area contributed by atoms with E-state index in [1.165, 1.54) is 24.3 Å². The first-order valence-corrected chi connectivity index (χ1v) is 10.0. The third-order valence-corrected chi connectivity index (χ3v) is 5.36. The van der Waals surface area contributed by atoms with E-state index < -0.39 is 47.6 Å². The van der Waals surface area contributed by atoms with Crippen molar-refractivity contribution in [2.75, 3.05) is 6.61 Å². The van der Waals surface area contributed by atoms with Crippen molar-refractivity contribution in [2.24, 2.45) is 0 Å². The molecule has 11 nitrogen and oxygen atoms in total. The van der Waals surface area contributed by atoms with Gasteiger partial charge in [-0.15, -0.1) is 0 Å². The van der Waals surface area contributed by atoms with Crippen molar-refractivity contribution in [3.05, 3.63) is 46.6 Å². The highest BCUT2D eigenvalue weighted by atomic mass is 16.7. The number of benzene rings is 2. The van der Waals surface area contributed by atoms with E-state index in [1.54, 1.807) is 0 Å². The maximum Gasteiger partial charge on any atom is 0.239 e. The maximum absolute atomic E-state index is 13.3. The first kappa shape index (κ1) is 22.8. The van der Waals surface area contributed by atoms with Gasteiger partial charge in [0.25, 0.3) is 0 Å². The number of phenols is 3. The average molecular weight is 462 g/mol. The smallest absolute Gasteiger partial charge is 0.239 e. The van der Waals surface area contributed by atoms with Crippen LogP contribution in [0.3, 0.4) is 0 Å². The lowest BCUT2D eigenvalue weighted by molar-refractivity contribution is -0.274. The Morgan fingerprint density at radius 3 is 2.27 bits per heavy atom. The predicted molar refractivity (Wildman–Crippen MR) is 112 cm³/mol. The Balaban J connectivity index is 1.86. The van der Waals surface area contributed by atoms with Crippen LogP contribution in [0.4, 0.5) is 0 Å². The lowest BCUT2D eigenvalue weighted by Crippen LogP contribution is -2.59. The van der Waals surface area contributed by atoms with Crippen molar-refractivity contribution in [3.8, 4) is 34.3 Å². The van der Waals surface area contributed by atoms with Crippen LogP contribution in [-0.4, -0.2) is 73.1 Å². The molecule has 2 aromatic carbocycles. The summed E-state index contributed by atoms with van der Waals surface area (Å²) in [5.41, 5.74) is -0.763. The number of aromatic hydroxyl groups is 3. The summed E-state index contributed by atoms with van der Waals surface area (Å²) < 4.78 is 16.9. The highest BCUT2D eigenvalue weighted by Crippen LogP contribution is 2.37. The first-order chi connectivity index (χ1) is 15.7. The third-order valence-electron chi connectivity index (χ3n) is 5.36. The van der Waals surface area contributed by atoms with Crippen LogP contribution >= 0.6 is 0 Å². The van der Waals surface area contributed by atoms with Gasteiger partial charge in [-0.25, -0.2) is 0 Å². The van der Waals surface area contributed by atoms with Crippen LogP contribution in [0, 0.1) is 0 Å². The Kier molecular flexibility index (Phi) is 6.15. The summed E-state index contributed by atoms with van der Waals surface area (Å²) in [6, 6.07) is 7.54. The molecule has 0 amide bonds. The number of rotatable bonds is 5. The molecule has 1 aliphatic rings. The van der Waals surface area contributed by atoms with Crippen molar-refractivity contribution < 1.29 is 49.6 Å². The fourth-order valence-electron chi connectivity index (χ4n) is 3.67. The zero-order chi connectivity index (χ0) is 23.9. The minimum Gasteiger partial charge on any atom is -0.508 e. The van der Waals surface area contributed by atoms with Gasteiger partial charge < -0.3 is 49.6 Å². The standard InChI is InChI=1S/C22H22O11/c23-6-5-13-16(27)18(29)19(30)22(32-13)33-21-17(28)15-12(26)7-11(25)8-14(15)31-20(21)9-1-3-10(24)4-2-9/h1-4,7-8,13,16,18-19,22-27,29-30H,5-6H2/t13-,16?,18+,19-,22+/m1/s1. The lowest BCUT2D eigenvalue weighted by atomic mass is 9.97. The van der Waals surface area contributed by atoms with Crippen LogP contribution in [0.2, 0.25) is 0 Å². The molecule has 176 valence electrons. The van der Waals surface area contributed by atoms with Crippen molar-refractivity contribution in [1.82, 2.24) is 0 Å². The molecule has 11 heteroatoms. The molecular formula is C22H22O11. The zero-order valence-electron chi connectivity index (χ0n) is 17.0. The number of hydrogen-bond donors (Lipinski definition) is 7. The molecule has 5 atom stereocenters. The van der Waals surface area contributed by atoms with E-state index in [1.807, 2.05) is 0 Å². The van der Waals surface area contributed by atoms with Gasteiger partial charge in [-0.05, 0) is 30.7 Å². The van der Waals surface area contributed by atoms with Crippen LogP contribution < -0.4 is 10.2 Å². The molecule has 0 aliphatic carbocycles. The molecule has 2 heterocycles. The molecule has 7 N–H and O–H groups in total. The summed E-state index contributed by atoms with van der Waals surface area (Å²) in [6.45, 7) is -0.383. The normalized spacial score (nSPS) is 25.3. The molecular weight excluding hydrogens is 440 g/mol. The fourth-order valence-corrected chi connectivity index (χ4v) is 3.67. The van der Waals surface area contributed by atoms with E-state index in [-0.39, 0.29) is 46.8 Å². The van der Waals surface area contributed by atoms with Crippen LogP contribution in [0.25, 0.3) is 22.3 Å². The topological polar surface area (TPSA) is 190 Å².